The number of carboxylic acid groups (broad SMARTS) is 3. The maximum atomic E-state index is 10.9. The fourth-order valence-corrected chi connectivity index (χ4v) is 1.89. The van der Waals surface area contributed by atoms with Gasteiger partial charge in [-0.3, -0.25) is 14.4 Å². The number of carbonyl (C=O) groups is 3. The largest absolute Gasteiger partial charge is 0.481 e. The minimum atomic E-state index is -0.972. The van der Waals surface area contributed by atoms with Gasteiger partial charge in [0, 0.05) is 12.8 Å². The molecule has 1 atom stereocenters. The van der Waals surface area contributed by atoms with E-state index in [4.69, 9.17) is 15.3 Å². The molecule has 0 fully saturated rings. The third-order valence-corrected chi connectivity index (χ3v) is 3.00. The lowest BCUT2D eigenvalue weighted by Gasteiger charge is -2.10. The quantitative estimate of drug-likeness (QED) is 0.471. The lowest BCUT2D eigenvalue weighted by Crippen LogP contribution is -2.15. The van der Waals surface area contributed by atoms with Crippen molar-refractivity contribution >= 4 is 17.9 Å². The third kappa shape index (κ3) is 11.2. The van der Waals surface area contributed by atoms with Gasteiger partial charge in [0.05, 0.1) is 5.92 Å². The predicted molar refractivity (Wildman–Crippen MR) is 68.0 cm³/mol. The molecule has 0 saturated carbocycles. The first kappa shape index (κ1) is 17.4. The van der Waals surface area contributed by atoms with Gasteiger partial charge in [-0.1, -0.05) is 25.7 Å². The number of aliphatic carboxylic acids is 3. The van der Waals surface area contributed by atoms with Crippen molar-refractivity contribution in [1.29, 1.82) is 0 Å². The molecule has 110 valence electrons. The molecule has 0 heterocycles. The highest BCUT2D eigenvalue weighted by molar-refractivity contribution is 5.72. The Hall–Kier alpha value is -1.59. The summed E-state index contributed by atoms with van der Waals surface area (Å²) in [6, 6.07) is 0. The van der Waals surface area contributed by atoms with Crippen molar-refractivity contribution in [2.45, 2.75) is 57.8 Å². The van der Waals surface area contributed by atoms with Crippen LogP contribution in [0.4, 0.5) is 0 Å². The maximum Gasteiger partial charge on any atom is 0.306 e. The number of hydrogen-bond acceptors (Lipinski definition) is 3. The fourth-order valence-electron chi connectivity index (χ4n) is 1.89. The summed E-state index contributed by atoms with van der Waals surface area (Å²) in [5, 5.41) is 25.9. The van der Waals surface area contributed by atoms with E-state index in [-0.39, 0.29) is 19.3 Å². The van der Waals surface area contributed by atoms with Crippen LogP contribution in [-0.2, 0) is 14.4 Å². The second-order valence-corrected chi connectivity index (χ2v) is 4.67. The minimum absolute atomic E-state index is 0.115. The van der Waals surface area contributed by atoms with Crippen LogP contribution in [0.15, 0.2) is 0 Å². The molecule has 1 unspecified atom stereocenters. The number of hydrogen-bond donors (Lipinski definition) is 3. The van der Waals surface area contributed by atoms with Crippen LogP contribution in [0.1, 0.15) is 57.8 Å². The highest BCUT2D eigenvalue weighted by atomic mass is 16.4. The highest BCUT2D eigenvalue weighted by Gasteiger charge is 2.17. The Balaban J connectivity index is 3.61. The van der Waals surface area contributed by atoms with E-state index in [0.717, 1.165) is 25.7 Å². The lowest BCUT2D eigenvalue weighted by atomic mass is 9.96. The standard InChI is InChI=1S/C13H22O6/c14-11(15)7-5-3-1-2-4-6-10(13(18)19)8-9-12(16)17/h10H,1-9H2,(H,14,15)(H,16,17)(H,18,19). The minimum Gasteiger partial charge on any atom is -0.481 e. The summed E-state index contributed by atoms with van der Waals surface area (Å²) in [6.45, 7) is 0. The Labute approximate surface area is 112 Å². The second-order valence-electron chi connectivity index (χ2n) is 4.67. The summed E-state index contributed by atoms with van der Waals surface area (Å²) >= 11 is 0. The summed E-state index contributed by atoms with van der Waals surface area (Å²) in [4.78, 5) is 31.5. The van der Waals surface area contributed by atoms with Crippen LogP contribution in [0.25, 0.3) is 0 Å². The molecular formula is C13H22O6. The van der Waals surface area contributed by atoms with E-state index in [9.17, 15) is 14.4 Å². The zero-order valence-corrected chi connectivity index (χ0v) is 11.0. The maximum absolute atomic E-state index is 10.9. The van der Waals surface area contributed by atoms with Crippen LogP contribution in [-0.4, -0.2) is 33.2 Å². The number of rotatable bonds is 12. The van der Waals surface area contributed by atoms with Gasteiger partial charge in [0.1, 0.15) is 0 Å². The summed E-state index contributed by atoms with van der Waals surface area (Å²) in [5.74, 6) is -3.29. The third-order valence-electron chi connectivity index (χ3n) is 3.00. The van der Waals surface area contributed by atoms with Crippen LogP contribution in [0.2, 0.25) is 0 Å². The molecule has 6 heteroatoms. The molecule has 0 rings (SSSR count). The molecule has 0 aliphatic carbocycles. The summed E-state index contributed by atoms with van der Waals surface area (Å²) in [7, 11) is 0. The predicted octanol–water partition coefficient (Wildman–Crippen LogP) is 2.37. The fraction of sp³-hybridized carbons (Fsp3) is 0.769. The zero-order valence-electron chi connectivity index (χ0n) is 11.0. The van der Waals surface area contributed by atoms with Crippen LogP contribution >= 0.6 is 0 Å². The Bertz CT molecular complexity index is 300. The first-order chi connectivity index (χ1) is 8.93. The van der Waals surface area contributed by atoms with E-state index >= 15 is 0 Å². The summed E-state index contributed by atoms with van der Waals surface area (Å²) in [6.07, 6.45) is 4.69. The lowest BCUT2D eigenvalue weighted by molar-refractivity contribution is -0.143. The zero-order chi connectivity index (χ0) is 14.7. The molecule has 0 amide bonds. The van der Waals surface area contributed by atoms with Gasteiger partial charge in [0.25, 0.3) is 0 Å². The molecule has 0 saturated heterocycles. The van der Waals surface area contributed by atoms with E-state index in [1.165, 1.54) is 0 Å². The first-order valence-electron chi connectivity index (χ1n) is 6.60. The summed E-state index contributed by atoms with van der Waals surface area (Å²) in [5.41, 5.74) is 0. The van der Waals surface area contributed by atoms with Crippen molar-refractivity contribution < 1.29 is 29.7 Å². The van der Waals surface area contributed by atoms with Crippen molar-refractivity contribution in [2.75, 3.05) is 0 Å². The van der Waals surface area contributed by atoms with Crippen LogP contribution in [0, 0.1) is 5.92 Å². The molecule has 0 aromatic carbocycles. The Morgan fingerprint density at radius 2 is 1.21 bits per heavy atom. The Morgan fingerprint density at radius 3 is 1.74 bits per heavy atom. The summed E-state index contributed by atoms with van der Waals surface area (Å²) < 4.78 is 0. The van der Waals surface area contributed by atoms with E-state index in [1.807, 2.05) is 0 Å². The van der Waals surface area contributed by atoms with E-state index < -0.39 is 23.8 Å². The molecule has 0 spiro atoms. The van der Waals surface area contributed by atoms with Gasteiger partial charge >= 0.3 is 17.9 Å². The average Bonchev–Trinajstić information content (AvgIpc) is 2.30. The van der Waals surface area contributed by atoms with Gasteiger partial charge in [-0.2, -0.15) is 0 Å². The van der Waals surface area contributed by atoms with Crippen LogP contribution in [0.5, 0.6) is 0 Å². The molecule has 6 nitrogen and oxygen atoms in total. The van der Waals surface area contributed by atoms with Crippen molar-refractivity contribution in [2.24, 2.45) is 5.92 Å². The average molecular weight is 274 g/mol. The van der Waals surface area contributed by atoms with Crippen molar-refractivity contribution in [3.05, 3.63) is 0 Å². The molecular weight excluding hydrogens is 252 g/mol. The van der Waals surface area contributed by atoms with Crippen molar-refractivity contribution in [1.82, 2.24) is 0 Å². The normalized spacial score (nSPS) is 12.0. The highest BCUT2D eigenvalue weighted by Crippen LogP contribution is 2.17. The monoisotopic (exact) mass is 274 g/mol. The van der Waals surface area contributed by atoms with Gasteiger partial charge < -0.3 is 15.3 Å². The van der Waals surface area contributed by atoms with Gasteiger partial charge in [0.2, 0.25) is 0 Å². The van der Waals surface area contributed by atoms with Crippen LogP contribution < -0.4 is 0 Å². The number of carboxylic acids is 3. The van der Waals surface area contributed by atoms with E-state index in [1.54, 1.807) is 0 Å². The Morgan fingerprint density at radius 1 is 0.684 bits per heavy atom. The van der Waals surface area contributed by atoms with E-state index in [0.29, 0.717) is 12.8 Å². The SMILES string of the molecule is O=C(O)CCCCCCCC(CCC(=O)O)C(=O)O. The van der Waals surface area contributed by atoms with Gasteiger partial charge in [-0.15, -0.1) is 0 Å². The molecule has 0 radical (unpaired) electrons. The van der Waals surface area contributed by atoms with Crippen LogP contribution in [0.3, 0.4) is 0 Å². The van der Waals surface area contributed by atoms with Crippen molar-refractivity contribution in [3.8, 4) is 0 Å². The van der Waals surface area contributed by atoms with Gasteiger partial charge in [-0.25, -0.2) is 0 Å². The van der Waals surface area contributed by atoms with Crippen molar-refractivity contribution in [3.63, 3.8) is 0 Å². The second kappa shape index (κ2) is 10.3. The molecule has 0 aliphatic rings. The molecule has 0 bridgehead atoms. The molecule has 3 N–H and O–H groups in total. The topological polar surface area (TPSA) is 112 Å². The molecule has 19 heavy (non-hydrogen) atoms. The molecule has 0 aromatic heterocycles. The van der Waals surface area contributed by atoms with Gasteiger partial charge in [0.15, 0.2) is 0 Å². The smallest absolute Gasteiger partial charge is 0.306 e. The molecule has 0 aliphatic heterocycles. The molecule has 0 aromatic rings. The number of unbranched alkanes of at least 4 members (excludes halogenated alkanes) is 4. The van der Waals surface area contributed by atoms with E-state index in [2.05, 4.69) is 0 Å². The van der Waals surface area contributed by atoms with Gasteiger partial charge in [-0.05, 0) is 19.3 Å². The first-order valence-corrected chi connectivity index (χ1v) is 6.60. The Kier molecular flexibility index (Phi) is 9.48.